The highest BCUT2D eigenvalue weighted by atomic mass is 16.5. The molecule has 1 aromatic rings. The fourth-order valence-corrected chi connectivity index (χ4v) is 1.82. The number of ether oxygens (including phenoxy) is 2. The molecule has 90 valence electrons. The second-order valence-electron chi connectivity index (χ2n) is 4.08. The lowest BCUT2D eigenvalue weighted by molar-refractivity contribution is 0.367. The van der Waals surface area contributed by atoms with E-state index in [4.69, 9.17) is 15.2 Å². The monoisotopic (exact) mass is 223 g/mol. The van der Waals surface area contributed by atoms with E-state index >= 15 is 0 Å². The lowest BCUT2D eigenvalue weighted by Gasteiger charge is -2.23. The minimum atomic E-state index is 0.316. The molecule has 1 aromatic carbocycles. The van der Waals surface area contributed by atoms with Gasteiger partial charge in [-0.25, -0.2) is 0 Å². The van der Waals surface area contributed by atoms with Crippen LogP contribution in [0.4, 0.5) is 0 Å². The molecule has 0 saturated carbocycles. The molecule has 0 spiro atoms. The standard InChI is InChI=1S/C13H21NO2/c1-9(8-14)10(2)13-11(15-3)6-5-7-12(13)16-4/h5-7,9-10H,8,14H2,1-4H3. The van der Waals surface area contributed by atoms with Crippen LogP contribution in [0.25, 0.3) is 0 Å². The Hall–Kier alpha value is -1.22. The van der Waals surface area contributed by atoms with Gasteiger partial charge in [0, 0.05) is 5.56 Å². The van der Waals surface area contributed by atoms with Crippen molar-refractivity contribution in [2.24, 2.45) is 11.7 Å². The van der Waals surface area contributed by atoms with Gasteiger partial charge in [-0.3, -0.25) is 0 Å². The molecule has 0 aliphatic heterocycles. The average molecular weight is 223 g/mol. The normalized spacial score (nSPS) is 14.3. The van der Waals surface area contributed by atoms with Crippen LogP contribution in [-0.4, -0.2) is 20.8 Å². The highest BCUT2D eigenvalue weighted by Gasteiger charge is 2.21. The van der Waals surface area contributed by atoms with E-state index in [-0.39, 0.29) is 0 Å². The summed E-state index contributed by atoms with van der Waals surface area (Å²) in [6.07, 6.45) is 0. The first kappa shape index (κ1) is 12.8. The summed E-state index contributed by atoms with van der Waals surface area (Å²) in [6, 6.07) is 5.84. The zero-order valence-corrected chi connectivity index (χ0v) is 10.5. The van der Waals surface area contributed by atoms with Crippen LogP contribution in [0.15, 0.2) is 18.2 Å². The van der Waals surface area contributed by atoms with Gasteiger partial charge in [-0.05, 0) is 30.5 Å². The molecule has 0 radical (unpaired) electrons. The SMILES string of the molecule is COc1cccc(OC)c1C(C)C(C)CN. The number of hydrogen-bond donors (Lipinski definition) is 1. The summed E-state index contributed by atoms with van der Waals surface area (Å²) in [5, 5.41) is 0. The van der Waals surface area contributed by atoms with Gasteiger partial charge in [0.05, 0.1) is 14.2 Å². The third-order valence-electron chi connectivity index (χ3n) is 3.15. The third-order valence-corrected chi connectivity index (χ3v) is 3.15. The molecule has 2 N–H and O–H groups in total. The maximum Gasteiger partial charge on any atom is 0.126 e. The smallest absolute Gasteiger partial charge is 0.126 e. The second-order valence-corrected chi connectivity index (χ2v) is 4.08. The molecule has 2 unspecified atom stereocenters. The van der Waals surface area contributed by atoms with Crippen molar-refractivity contribution in [2.45, 2.75) is 19.8 Å². The van der Waals surface area contributed by atoms with E-state index in [0.717, 1.165) is 17.1 Å². The number of rotatable bonds is 5. The summed E-state index contributed by atoms with van der Waals surface area (Å²) >= 11 is 0. The van der Waals surface area contributed by atoms with Gasteiger partial charge in [-0.1, -0.05) is 19.9 Å². The van der Waals surface area contributed by atoms with Gasteiger partial charge in [0.25, 0.3) is 0 Å². The van der Waals surface area contributed by atoms with Crippen molar-refractivity contribution >= 4 is 0 Å². The zero-order valence-electron chi connectivity index (χ0n) is 10.5. The molecule has 3 nitrogen and oxygen atoms in total. The number of nitrogens with two attached hydrogens (primary N) is 1. The number of hydrogen-bond acceptors (Lipinski definition) is 3. The Morgan fingerprint density at radius 1 is 1.12 bits per heavy atom. The molecule has 0 fully saturated rings. The van der Waals surface area contributed by atoms with Crippen LogP contribution in [0.3, 0.4) is 0 Å². The van der Waals surface area contributed by atoms with Crippen LogP contribution in [0.1, 0.15) is 25.3 Å². The Morgan fingerprint density at radius 2 is 1.62 bits per heavy atom. The fraction of sp³-hybridized carbons (Fsp3) is 0.538. The lowest BCUT2D eigenvalue weighted by atomic mass is 9.87. The quantitative estimate of drug-likeness (QED) is 0.833. The number of methoxy groups -OCH3 is 2. The van der Waals surface area contributed by atoms with Gasteiger partial charge in [0.15, 0.2) is 0 Å². The van der Waals surface area contributed by atoms with E-state index in [9.17, 15) is 0 Å². The van der Waals surface area contributed by atoms with Crippen LogP contribution < -0.4 is 15.2 Å². The van der Waals surface area contributed by atoms with Crippen molar-refractivity contribution in [1.82, 2.24) is 0 Å². The molecule has 1 rings (SSSR count). The van der Waals surface area contributed by atoms with E-state index in [1.165, 1.54) is 0 Å². The summed E-state index contributed by atoms with van der Waals surface area (Å²) < 4.78 is 10.8. The van der Waals surface area contributed by atoms with Gasteiger partial charge in [-0.2, -0.15) is 0 Å². The van der Waals surface area contributed by atoms with Crippen LogP contribution in [-0.2, 0) is 0 Å². The first-order chi connectivity index (χ1) is 7.65. The van der Waals surface area contributed by atoms with Crippen molar-refractivity contribution in [3.8, 4) is 11.5 Å². The molecule has 0 heterocycles. The maximum absolute atomic E-state index is 5.71. The van der Waals surface area contributed by atoms with Crippen LogP contribution >= 0.6 is 0 Å². The predicted molar refractivity (Wildman–Crippen MR) is 66.2 cm³/mol. The summed E-state index contributed by atoms with van der Waals surface area (Å²) in [5.41, 5.74) is 6.81. The van der Waals surface area contributed by atoms with Crippen LogP contribution in [0.2, 0.25) is 0 Å². The summed E-state index contributed by atoms with van der Waals surface area (Å²) in [5.74, 6) is 2.45. The summed E-state index contributed by atoms with van der Waals surface area (Å²) in [4.78, 5) is 0. The predicted octanol–water partition coefficient (Wildman–Crippen LogP) is 2.40. The largest absolute Gasteiger partial charge is 0.496 e. The van der Waals surface area contributed by atoms with Crippen molar-refractivity contribution in [3.05, 3.63) is 23.8 Å². The fourth-order valence-electron chi connectivity index (χ4n) is 1.82. The van der Waals surface area contributed by atoms with Crippen molar-refractivity contribution in [3.63, 3.8) is 0 Å². The summed E-state index contributed by atoms with van der Waals surface area (Å²) in [7, 11) is 3.36. The Labute approximate surface area is 97.6 Å². The Bertz CT molecular complexity index is 316. The molecule has 0 aromatic heterocycles. The van der Waals surface area contributed by atoms with Gasteiger partial charge in [-0.15, -0.1) is 0 Å². The molecule has 0 amide bonds. The number of benzene rings is 1. The molecule has 0 aliphatic carbocycles. The van der Waals surface area contributed by atoms with Crippen molar-refractivity contribution < 1.29 is 9.47 Å². The molecule has 3 heteroatoms. The Kier molecular flexibility index (Phi) is 4.62. The minimum absolute atomic E-state index is 0.316. The molecule has 16 heavy (non-hydrogen) atoms. The molecule has 2 atom stereocenters. The molecule has 0 saturated heterocycles. The zero-order chi connectivity index (χ0) is 12.1. The second kappa shape index (κ2) is 5.75. The Morgan fingerprint density at radius 3 is 2.00 bits per heavy atom. The van der Waals surface area contributed by atoms with E-state index < -0.39 is 0 Å². The first-order valence-corrected chi connectivity index (χ1v) is 5.56. The van der Waals surface area contributed by atoms with E-state index in [1.807, 2.05) is 18.2 Å². The molecule has 0 bridgehead atoms. The van der Waals surface area contributed by atoms with Gasteiger partial charge in [0.2, 0.25) is 0 Å². The van der Waals surface area contributed by atoms with E-state index in [2.05, 4.69) is 13.8 Å². The van der Waals surface area contributed by atoms with Gasteiger partial charge >= 0.3 is 0 Å². The maximum atomic E-state index is 5.71. The highest BCUT2D eigenvalue weighted by molar-refractivity contribution is 5.47. The molecule has 0 aliphatic rings. The molecular weight excluding hydrogens is 202 g/mol. The third kappa shape index (κ3) is 2.47. The van der Waals surface area contributed by atoms with Crippen molar-refractivity contribution in [1.29, 1.82) is 0 Å². The van der Waals surface area contributed by atoms with Gasteiger partial charge in [0.1, 0.15) is 11.5 Å². The van der Waals surface area contributed by atoms with Crippen LogP contribution in [0.5, 0.6) is 11.5 Å². The lowest BCUT2D eigenvalue weighted by Crippen LogP contribution is -2.18. The minimum Gasteiger partial charge on any atom is -0.496 e. The summed E-state index contributed by atoms with van der Waals surface area (Å²) in [6.45, 7) is 4.94. The average Bonchev–Trinajstić information content (AvgIpc) is 2.35. The molecular formula is C13H21NO2. The van der Waals surface area contributed by atoms with Gasteiger partial charge < -0.3 is 15.2 Å². The topological polar surface area (TPSA) is 44.5 Å². The Balaban J connectivity index is 3.17. The van der Waals surface area contributed by atoms with E-state index in [1.54, 1.807) is 14.2 Å². The highest BCUT2D eigenvalue weighted by Crippen LogP contribution is 2.38. The van der Waals surface area contributed by atoms with E-state index in [0.29, 0.717) is 18.4 Å². The van der Waals surface area contributed by atoms with Crippen molar-refractivity contribution in [2.75, 3.05) is 20.8 Å². The first-order valence-electron chi connectivity index (χ1n) is 5.56. The van der Waals surface area contributed by atoms with Crippen LogP contribution in [0, 0.1) is 5.92 Å².